The number of amides is 1. The van der Waals surface area contributed by atoms with Crippen LogP contribution in [0, 0.1) is 0 Å². The van der Waals surface area contributed by atoms with E-state index in [-0.39, 0.29) is 18.6 Å². The first-order chi connectivity index (χ1) is 14.2. The summed E-state index contributed by atoms with van der Waals surface area (Å²) >= 11 is 5.92. The number of nitrogens with zero attached hydrogens (tertiary/aromatic N) is 3. The Morgan fingerprint density at radius 2 is 1.90 bits per heavy atom. The molecule has 2 aliphatic heterocycles. The molecule has 1 aromatic heterocycles. The van der Waals surface area contributed by atoms with Crippen molar-refractivity contribution >= 4 is 17.5 Å². The molecule has 0 aliphatic carbocycles. The number of likely N-dealkylation sites (tertiary alicyclic amines) is 1. The van der Waals surface area contributed by atoms with E-state index >= 15 is 0 Å². The normalized spacial score (nSPS) is 18.1. The van der Waals surface area contributed by atoms with Crippen LogP contribution >= 0.6 is 11.6 Å². The average Bonchev–Trinajstić information content (AvgIpc) is 3.43. The predicted octanol–water partition coefficient (Wildman–Crippen LogP) is 4.14. The van der Waals surface area contributed by atoms with E-state index in [1.54, 1.807) is 24.3 Å². The molecule has 0 spiro atoms. The zero-order chi connectivity index (χ0) is 19.8. The molecule has 8 heteroatoms. The first-order valence-corrected chi connectivity index (χ1v) is 9.83. The Balaban J connectivity index is 1.32. The van der Waals surface area contributed by atoms with Crippen molar-refractivity contribution in [1.82, 2.24) is 15.1 Å². The summed E-state index contributed by atoms with van der Waals surface area (Å²) in [7, 11) is 0. The van der Waals surface area contributed by atoms with Gasteiger partial charge in [-0.15, -0.1) is 10.2 Å². The molecule has 0 radical (unpaired) electrons. The molecule has 1 amide bonds. The predicted molar refractivity (Wildman–Crippen MR) is 105 cm³/mol. The molecule has 0 saturated carbocycles. The molecule has 0 bridgehead atoms. The number of fused-ring (bicyclic) bond motifs is 1. The van der Waals surface area contributed by atoms with Gasteiger partial charge in [0.25, 0.3) is 5.91 Å². The number of aromatic nitrogens is 2. The van der Waals surface area contributed by atoms with Crippen molar-refractivity contribution in [3.8, 4) is 23.0 Å². The van der Waals surface area contributed by atoms with Gasteiger partial charge in [0.2, 0.25) is 18.6 Å². The fourth-order valence-corrected chi connectivity index (χ4v) is 3.81. The molecule has 0 N–H and O–H groups in total. The molecule has 5 rings (SSSR count). The molecule has 2 aromatic carbocycles. The lowest BCUT2D eigenvalue weighted by atomic mass is 9.97. The zero-order valence-corrected chi connectivity index (χ0v) is 16.3. The van der Waals surface area contributed by atoms with Crippen molar-refractivity contribution in [3.63, 3.8) is 0 Å². The van der Waals surface area contributed by atoms with E-state index in [0.29, 0.717) is 47.0 Å². The van der Waals surface area contributed by atoms with Crippen LogP contribution in [-0.4, -0.2) is 40.9 Å². The van der Waals surface area contributed by atoms with Crippen LogP contribution in [0.2, 0.25) is 5.02 Å². The highest BCUT2D eigenvalue weighted by Gasteiger charge is 2.29. The summed E-state index contributed by atoms with van der Waals surface area (Å²) in [5, 5.41) is 9.05. The molecule has 148 valence electrons. The van der Waals surface area contributed by atoms with Crippen LogP contribution in [0.15, 0.2) is 46.9 Å². The highest BCUT2D eigenvalue weighted by atomic mass is 35.5. The van der Waals surface area contributed by atoms with E-state index in [1.807, 2.05) is 23.1 Å². The minimum absolute atomic E-state index is 0.00950. The molecule has 1 fully saturated rings. The number of halogens is 1. The van der Waals surface area contributed by atoms with Gasteiger partial charge in [0.1, 0.15) is 0 Å². The molecule has 2 aliphatic rings. The van der Waals surface area contributed by atoms with Crippen LogP contribution in [0.25, 0.3) is 11.5 Å². The zero-order valence-electron chi connectivity index (χ0n) is 15.5. The third-order valence-corrected chi connectivity index (χ3v) is 5.46. The van der Waals surface area contributed by atoms with Gasteiger partial charge in [-0.3, -0.25) is 4.79 Å². The third-order valence-electron chi connectivity index (χ3n) is 5.21. The molecular formula is C21H18ClN3O4. The SMILES string of the molecule is O=C(c1ccc(Cl)cc1)N1CCCC(c2nnc(-c3ccc4c(c3)OCO4)o2)C1. The number of ether oxygens (including phenoxy) is 2. The number of carbonyl (C=O) groups is 1. The van der Waals surface area contributed by atoms with Crippen molar-refractivity contribution in [2.45, 2.75) is 18.8 Å². The largest absolute Gasteiger partial charge is 0.454 e. The lowest BCUT2D eigenvalue weighted by molar-refractivity contribution is 0.0698. The minimum atomic E-state index is -0.0122. The number of benzene rings is 2. The van der Waals surface area contributed by atoms with Crippen LogP contribution in [0.5, 0.6) is 11.5 Å². The van der Waals surface area contributed by atoms with E-state index in [1.165, 1.54) is 0 Å². The van der Waals surface area contributed by atoms with Crippen LogP contribution in [-0.2, 0) is 0 Å². The van der Waals surface area contributed by atoms with E-state index in [4.69, 9.17) is 25.5 Å². The second kappa shape index (κ2) is 7.40. The molecule has 7 nitrogen and oxygen atoms in total. The maximum Gasteiger partial charge on any atom is 0.253 e. The fraction of sp³-hybridized carbons (Fsp3) is 0.286. The Morgan fingerprint density at radius 1 is 1.07 bits per heavy atom. The maximum atomic E-state index is 12.8. The minimum Gasteiger partial charge on any atom is -0.454 e. The van der Waals surface area contributed by atoms with Crippen molar-refractivity contribution in [3.05, 3.63) is 58.9 Å². The Labute approximate surface area is 172 Å². The first kappa shape index (κ1) is 18.0. The van der Waals surface area contributed by atoms with Gasteiger partial charge in [0.15, 0.2) is 11.5 Å². The Hall–Kier alpha value is -3.06. The van der Waals surface area contributed by atoms with E-state index < -0.39 is 0 Å². The number of hydrogen-bond donors (Lipinski definition) is 0. The highest BCUT2D eigenvalue weighted by molar-refractivity contribution is 6.30. The van der Waals surface area contributed by atoms with E-state index in [9.17, 15) is 4.79 Å². The van der Waals surface area contributed by atoms with Gasteiger partial charge >= 0.3 is 0 Å². The van der Waals surface area contributed by atoms with Crippen molar-refractivity contribution in [1.29, 1.82) is 0 Å². The number of hydrogen-bond acceptors (Lipinski definition) is 6. The van der Waals surface area contributed by atoms with Crippen LogP contribution in [0.4, 0.5) is 0 Å². The smallest absolute Gasteiger partial charge is 0.253 e. The third kappa shape index (κ3) is 3.53. The van der Waals surface area contributed by atoms with Crippen molar-refractivity contribution < 1.29 is 18.7 Å². The van der Waals surface area contributed by atoms with Crippen LogP contribution in [0.1, 0.15) is 35.0 Å². The van der Waals surface area contributed by atoms with E-state index in [0.717, 1.165) is 18.4 Å². The molecule has 3 heterocycles. The summed E-state index contributed by atoms with van der Waals surface area (Å²) in [6.45, 7) is 1.47. The number of piperidine rings is 1. The fourth-order valence-electron chi connectivity index (χ4n) is 3.68. The second-order valence-corrected chi connectivity index (χ2v) is 7.55. The van der Waals surface area contributed by atoms with E-state index in [2.05, 4.69) is 10.2 Å². The topological polar surface area (TPSA) is 77.7 Å². The Morgan fingerprint density at radius 3 is 2.76 bits per heavy atom. The number of rotatable bonds is 3. The molecule has 29 heavy (non-hydrogen) atoms. The summed E-state index contributed by atoms with van der Waals surface area (Å²) in [4.78, 5) is 14.6. The summed E-state index contributed by atoms with van der Waals surface area (Å²) in [5.41, 5.74) is 1.40. The Bertz CT molecular complexity index is 1050. The highest BCUT2D eigenvalue weighted by Crippen LogP contribution is 2.36. The average molecular weight is 412 g/mol. The molecule has 1 unspecified atom stereocenters. The molecular weight excluding hydrogens is 394 g/mol. The summed E-state index contributed by atoms with van der Waals surface area (Å²) in [6.07, 6.45) is 1.78. The van der Waals surface area contributed by atoms with Gasteiger partial charge < -0.3 is 18.8 Å². The first-order valence-electron chi connectivity index (χ1n) is 9.45. The van der Waals surface area contributed by atoms with Gasteiger partial charge in [-0.25, -0.2) is 0 Å². The van der Waals surface area contributed by atoms with Gasteiger partial charge in [0.05, 0.1) is 5.92 Å². The number of carbonyl (C=O) groups excluding carboxylic acids is 1. The Kier molecular flexibility index (Phi) is 4.60. The molecule has 1 saturated heterocycles. The van der Waals surface area contributed by atoms with Gasteiger partial charge in [-0.1, -0.05) is 11.6 Å². The lowest BCUT2D eigenvalue weighted by Crippen LogP contribution is -2.39. The maximum absolute atomic E-state index is 12.8. The van der Waals surface area contributed by atoms with Crippen molar-refractivity contribution in [2.75, 3.05) is 19.9 Å². The lowest BCUT2D eigenvalue weighted by Gasteiger charge is -2.31. The summed E-state index contributed by atoms with van der Waals surface area (Å²) in [6, 6.07) is 12.5. The summed E-state index contributed by atoms with van der Waals surface area (Å²) in [5.74, 6) is 2.35. The second-order valence-electron chi connectivity index (χ2n) is 7.11. The van der Waals surface area contributed by atoms with Crippen LogP contribution in [0.3, 0.4) is 0 Å². The standard InChI is InChI=1S/C21H18ClN3O4/c22-16-6-3-13(4-7-16)21(26)25-9-1-2-15(11-25)20-24-23-19(29-20)14-5-8-17-18(10-14)28-12-27-17/h3-8,10,15H,1-2,9,11-12H2. The van der Waals surface area contributed by atoms with Gasteiger partial charge in [-0.05, 0) is 55.3 Å². The van der Waals surface area contributed by atoms with Crippen LogP contribution < -0.4 is 9.47 Å². The van der Waals surface area contributed by atoms with Crippen molar-refractivity contribution in [2.24, 2.45) is 0 Å². The molecule has 3 aromatic rings. The molecule has 1 atom stereocenters. The van der Waals surface area contributed by atoms with Gasteiger partial charge in [-0.2, -0.15) is 0 Å². The van der Waals surface area contributed by atoms with Gasteiger partial charge in [0, 0.05) is 29.2 Å². The monoisotopic (exact) mass is 411 g/mol. The summed E-state index contributed by atoms with van der Waals surface area (Å²) < 4.78 is 16.7. The quantitative estimate of drug-likeness (QED) is 0.644.